The van der Waals surface area contributed by atoms with Crippen LogP contribution >= 0.6 is 0 Å². The van der Waals surface area contributed by atoms with Crippen LogP contribution in [0.2, 0.25) is 0 Å². The monoisotopic (exact) mass is 384 g/mol. The molecule has 150 valence electrons. The Hall–Kier alpha value is -2.60. The second-order valence-corrected chi connectivity index (χ2v) is 6.90. The van der Waals surface area contributed by atoms with E-state index >= 15 is 0 Å². The fourth-order valence-corrected chi connectivity index (χ4v) is 3.68. The standard InChI is InChI=1S/C22H28N2O4/c1-3-27-14-15-28-20-11-8-18(16-23-20)24-21(25)22(12-4-5-13-22)17-6-9-19(26-2)10-7-17/h6-11,16H,3-5,12-15H2,1-2H3,(H,24,25). The largest absolute Gasteiger partial charge is 0.497 e. The van der Waals surface area contributed by atoms with Crippen molar-refractivity contribution in [3.8, 4) is 11.6 Å². The molecule has 6 heteroatoms. The highest BCUT2D eigenvalue weighted by Crippen LogP contribution is 2.42. The Bertz CT molecular complexity index is 753. The molecule has 1 aromatic carbocycles. The normalized spacial score (nSPS) is 15.2. The van der Waals surface area contributed by atoms with E-state index < -0.39 is 5.41 Å². The molecule has 6 nitrogen and oxygen atoms in total. The second kappa shape index (κ2) is 9.55. The van der Waals surface area contributed by atoms with E-state index in [0.717, 1.165) is 37.0 Å². The lowest BCUT2D eigenvalue weighted by Gasteiger charge is -2.28. The summed E-state index contributed by atoms with van der Waals surface area (Å²) in [5.41, 5.74) is 1.20. The summed E-state index contributed by atoms with van der Waals surface area (Å²) >= 11 is 0. The van der Waals surface area contributed by atoms with Crippen molar-refractivity contribution in [1.82, 2.24) is 4.98 Å². The Labute approximate surface area is 166 Å². The maximum Gasteiger partial charge on any atom is 0.235 e. The molecule has 1 N–H and O–H groups in total. The Morgan fingerprint density at radius 2 is 1.86 bits per heavy atom. The number of ether oxygens (including phenoxy) is 3. The van der Waals surface area contributed by atoms with Crippen LogP contribution in [0.5, 0.6) is 11.6 Å². The Kier molecular flexibility index (Phi) is 6.87. The molecule has 0 bridgehead atoms. The van der Waals surface area contributed by atoms with Crippen molar-refractivity contribution < 1.29 is 19.0 Å². The third-order valence-electron chi connectivity index (χ3n) is 5.21. The van der Waals surface area contributed by atoms with Crippen LogP contribution in [0.3, 0.4) is 0 Å². The van der Waals surface area contributed by atoms with Crippen molar-refractivity contribution in [1.29, 1.82) is 0 Å². The molecule has 0 spiro atoms. The second-order valence-electron chi connectivity index (χ2n) is 6.90. The number of benzene rings is 1. The topological polar surface area (TPSA) is 69.7 Å². The molecule has 0 saturated heterocycles. The van der Waals surface area contributed by atoms with Crippen LogP contribution in [0, 0.1) is 0 Å². The van der Waals surface area contributed by atoms with Gasteiger partial charge >= 0.3 is 0 Å². The fraction of sp³-hybridized carbons (Fsp3) is 0.455. The Morgan fingerprint density at radius 3 is 2.46 bits per heavy atom. The summed E-state index contributed by atoms with van der Waals surface area (Å²) in [6, 6.07) is 11.4. The average Bonchev–Trinajstić information content (AvgIpc) is 3.24. The van der Waals surface area contributed by atoms with Crippen LogP contribution in [-0.2, 0) is 14.9 Å². The van der Waals surface area contributed by atoms with Gasteiger partial charge in [-0.1, -0.05) is 25.0 Å². The van der Waals surface area contributed by atoms with E-state index in [-0.39, 0.29) is 5.91 Å². The first-order valence-corrected chi connectivity index (χ1v) is 9.80. The minimum atomic E-state index is -0.501. The van der Waals surface area contributed by atoms with Crippen LogP contribution in [0.15, 0.2) is 42.6 Å². The first-order chi connectivity index (χ1) is 13.7. The quantitative estimate of drug-likeness (QED) is 0.663. The number of rotatable bonds is 9. The van der Waals surface area contributed by atoms with Gasteiger partial charge in [-0.15, -0.1) is 0 Å². The average molecular weight is 384 g/mol. The van der Waals surface area contributed by atoms with Crippen molar-refractivity contribution >= 4 is 11.6 Å². The molecule has 3 rings (SSSR count). The number of nitrogens with zero attached hydrogens (tertiary/aromatic N) is 1. The molecule has 1 saturated carbocycles. The van der Waals surface area contributed by atoms with Gasteiger partial charge in [-0.05, 0) is 43.5 Å². The summed E-state index contributed by atoms with van der Waals surface area (Å²) in [6.45, 7) is 3.59. The highest BCUT2D eigenvalue weighted by atomic mass is 16.5. The van der Waals surface area contributed by atoms with Crippen LogP contribution in [0.4, 0.5) is 5.69 Å². The molecule has 0 radical (unpaired) electrons. The third-order valence-corrected chi connectivity index (χ3v) is 5.21. The molecule has 1 aliphatic rings. The summed E-state index contributed by atoms with van der Waals surface area (Å²) in [6.07, 6.45) is 5.41. The molecule has 0 aliphatic heterocycles. The SMILES string of the molecule is CCOCCOc1ccc(NC(=O)C2(c3ccc(OC)cc3)CCCC2)cn1. The lowest BCUT2D eigenvalue weighted by atomic mass is 9.78. The van der Waals surface area contributed by atoms with Gasteiger partial charge in [0.05, 0.1) is 31.0 Å². The summed E-state index contributed by atoms with van der Waals surface area (Å²) in [5.74, 6) is 1.33. The molecule has 1 heterocycles. The zero-order valence-corrected chi connectivity index (χ0v) is 16.6. The number of anilines is 1. The van der Waals surface area contributed by atoms with E-state index in [4.69, 9.17) is 14.2 Å². The molecule has 0 unspecified atom stereocenters. The molecule has 28 heavy (non-hydrogen) atoms. The van der Waals surface area contributed by atoms with Gasteiger partial charge in [0.2, 0.25) is 11.8 Å². The van der Waals surface area contributed by atoms with Crippen molar-refractivity contribution in [3.63, 3.8) is 0 Å². The van der Waals surface area contributed by atoms with Crippen molar-refractivity contribution in [3.05, 3.63) is 48.2 Å². The lowest BCUT2D eigenvalue weighted by Crippen LogP contribution is -2.38. The maximum absolute atomic E-state index is 13.2. The fourth-order valence-electron chi connectivity index (χ4n) is 3.68. The van der Waals surface area contributed by atoms with E-state index in [2.05, 4.69) is 10.3 Å². The molecule has 2 aromatic rings. The molecule has 0 atom stereocenters. The number of nitrogens with one attached hydrogen (secondary N) is 1. The van der Waals surface area contributed by atoms with Gasteiger partial charge in [0.15, 0.2) is 0 Å². The van der Waals surface area contributed by atoms with Crippen molar-refractivity contribution in [2.45, 2.75) is 38.0 Å². The van der Waals surface area contributed by atoms with Crippen LogP contribution < -0.4 is 14.8 Å². The number of hydrogen-bond acceptors (Lipinski definition) is 5. The van der Waals surface area contributed by atoms with Crippen LogP contribution in [0.1, 0.15) is 38.2 Å². The van der Waals surface area contributed by atoms with Gasteiger partial charge in [-0.3, -0.25) is 4.79 Å². The zero-order valence-electron chi connectivity index (χ0n) is 16.6. The molecule has 1 amide bonds. The van der Waals surface area contributed by atoms with Gasteiger partial charge in [0, 0.05) is 12.7 Å². The van der Waals surface area contributed by atoms with Gasteiger partial charge in [0.25, 0.3) is 0 Å². The molecule has 1 fully saturated rings. The van der Waals surface area contributed by atoms with Gasteiger partial charge in [0.1, 0.15) is 12.4 Å². The summed E-state index contributed by atoms with van der Waals surface area (Å²) in [4.78, 5) is 17.5. The smallest absolute Gasteiger partial charge is 0.235 e. The minimum Gasteiger partial charge on any atom is -0.497 e. The number of carbonyl (C=O) groups is 1. The third kappa shape index (κ3) is 4.62. The van der Waals surface area contributed by atoms with Crippen molar-refractivity contribution in [2.24, 2.45) is 0 Å². The van der Waals surface area contributed by atoms with E-state index in [1.165, 1.54) is 0 Å². The van der Waals surface area contributed by atoms with E-state index in [1.807, 2.05) is 37.3 Å². The van der Waals surface area contributed by atoms with E-state index in [9.17, 15) is 4.79 Å². The predicted molar refractivity (Wildman–Crippen MR) is 108 cm³/mol. The summed E-state index contributed by atoms with van der Waals surface area (Å²) in [5, 5.41) is 3.04. The highest BCUT2D eigenvalue weighted by molar-refractivity contribution is 5.99. The summed E-state index contributed by atoms with van der Waals surface area (Å²) in [7, 11) is 1.64. The maximum atomic E-state index is 13.2. The van der Waals surface area contributed by atoms with Gasteiger partial charge in [-0.25, -0.2) is 4.98 Å². The first-order valence-electron chi connectivity index (χ1n) is 9.80. The highest BCUT2D eigenvalue weighted by Gasteiger charge is 2.42. The van der Waals surface area contributed by atoms with Gasteiger partial charge < -0.3 is 19.5 Å². The number of pyridine rings is 1. The number of aromatic nitrogens is 1. The van der Waals surface area contributed by atoms with E-state index in [0.29, 0.717) is 31.4 Å². The first kappa shape index (κ1) is 20.1. The Morgan fingerprint density at radius 1 is 1.11 bits per heavy atom. The summed E-state index contributed by atoms with van der Waals surface area (Å²) < 4.78 is 16.0. The number of methoxy groups -OCH3 is 1. The van der Waals surface area contributed by atoms with Gasteiger partial charge in [-0.2, -0.15) is 0 Å². The molecular weight excluding hydrogens is 356 g/mol. The molecule has 1 aromatic heterocycles. The molecular formula is C22H28N2O4. The number of carbonyl (C=O) groups excluding carboxylic acids is 1. The number of hydrogen-bond donors (Lipinski definition) is 1. The van der Waals surface area contributed by atoms with Crippen LogP contribution in [-0.4, -0.2) is 37.8 Å². The van der Waals surface area contributed by atoms with Crippen LogP contribution in [0.25, 0.3) is 0 Å². The molecule has 1 aliphatic carbocycles. The Balaban J connectivity index is 1.67. The number of amides is 1. The minimum absolute atomic E-state index is 0.0157. The van der Waals surface area contributed by atoms with Crippen molar-refractivity contribution in [2.75, 3.05) is 32.2 Å². The lowest BCUT2D eigenvalue weighted by molar-refractivity contribution is -0.121. The predicted octanol–water partition coefficient (Wildman–Crippen LogP) is 3.96. The van der Waals surface area contributed by atoms with E-state index in [1.54, 1.807) is 19.4 Å². The zero-order chi connectivity index (χ0) is 19.8.